The van der Waals surface area contributed by atoms with Crippen molar-refractivity contribution in [2.24, 2.45) is 0 Å². The first kappa shape index (κ1) is 23.4. The van der Waals surface area contributed by atoms with Gasteiger partial charge in [-0.3, -0.25) is 4.79 Å². The van der Waals surface area contributed by atoms with Gasteiger partial charge in [0.1, 0.15) is 5.75 Å². The Morgan fingerprint density at radius 2 is 2.00 bits per heavy atom. The molecule has 150 valence electrons. The Bertz CT molecular complexity index is 699. The van der Waals surface area contributed by atoms with Crippen LogP contribution in [0.3, 0.4) is 0 Å². The van der Waals surface area contributed by atoms with Crippen LogP contribution in [-0.4, -0.2) is 29.6 Å². The van der Waals surface area contributed by atoms with Crippen LogP contribution in [-0.2, 0) is 14.3 Å². The van der Waals surface area contributed by atoms with E-state index in [1.165, 1.54) is 18.2 Å². The van der Waals surface area contributed by atoms with Crippen molar-refractivity contribution in [1.29, 1.82) is 0 Å². The molecule has 0 aromatic heterocycles. The highest BCUT2D eigenvalue weighted by Gasteiger charge is 2.25. The number of benzene rings is 1. The summed E-state index contributed by atoms with van der Waals surface area (Å²) < 4.78 is 24.4. The summed E-state index contributed by atoms with van der Waals surface area (Å²) in [5.41, 5.74) is -0.801. The van der Waals surface area contributed by atoms with Crippen molar-refractivity contribution in [3.8, 4) is 5.75 Å². The van der Waals surface area contributed by atoms with E-state index in [2.05, 4.69) is 21.2 Å². The number of carbonyl (C=O) groups excluding carboxylic acids is 2. The van der Waals surface area contributed by atoms with E-state index in [0.717, 1.165) is 0 Å². The Balaban J connectivity index is 2.80. The van der Waals surface area contributed by atoms with Gasteiger partial charge in [-0.1, -0.05) is 24.6 Å². The molecular weight excluding hydrogens is 441 g/mol. The van der Waals surface area contributed by atoms with Crippen LogP contribution in [0, 0.1) is 5.82 Å². The van der Waals surface area contributed by atoms with Gasteiger partial charge in [0.25, 0.3) is 5.91 Å². The fourth-order valence-electron chi connectivity index (χ4n) is 2.07. The highest BCUT2D eigenvalue weighted by atomic mass is 79.9. The minimum absolute atomic E-state index is 0.110. The molecule has 0 aliphatic carbocycles. The summed E-state index contributed by atoms with van der Waals surface area (Å²) in [4.78, 5) is 24.2. The smallest absolute Gasteiger partial charge is 0.330 e. The summed E-state index contributed by atoms with van der Waals surface area (Å²) in [5.74, 6) is -1.19. The maximum absolute atomic E-state index is 13.6. The summed E-state index contributed by atoms with van der Waals surface area (Å²) in [6.45, 7) is 8.77. The molecular formula is C19H24BrClFNO4. The molecule has 0 spiro atoms. The molecule has 5 nitrogen and oxygen atoms in total. The van der Waals surface area contributed by atoms with Crippen LogP contribution in [0.2, 0.25) is 5.02 Å². The molecule has 0 fully saturated rings. The molecule has 0 heterocycles. The van der Waals surface area contributed by atoms with Gasteiger partial charge in [-0.05, 0) is 56.1 Å². The topological polar surface area (TPSA) is 64.6 Å². The number of amides is 1. The molecule has 1 unspecified atom stereocenters. The van der Waals surface area contributed by atoms with Crippen LogP contribution in [0.5, 0.6) is 5.75 Å². The Morgan fingerprint density at radius 1 is 1.37 bits per heavy atom. The summed E-state index contributed by atoms with van der Waals surface area (Å²) in [6.07, 6.45) is 2.17. The fraction of sp³-hybridized carbons (Fsp3) is 0.474. The lowest BCUT2D eigenvalue weighted by Gasteiger charge is -2.26. The number of hydrogen-bond acceptors (Lipinski definition) is 4. The van der Waals surface area contributed by atoms with Crippen molar-refractivity contribution in [3.63, 3.8) is 0 Å². The van der Waals surface area contributed by atoms with Gasteiger partial charge < -0.3 is 14.8 Å². The minimum atomic E-state index is -0.811. The molecule has 0 saturated carbocycles. The molecule has 1 aromatic carbocycles. The van der Waals surface area contributed by atoms with Crippen LogP contribution in [0.1, 0.15) is 41.0 Å². The second-order valence-corrected chi connectivity index (χ2v) is 8.01. The average Bonchev–Trinajstić information content (AvgIpc) is 2.54. The van der Waals surface area contributed by atoms with E-state index in [4.69, 9.17) is 21.1 Å². The number of halogens is 3. The second kappa shape index (κ2) is 10.1. The maximum atomic E-state index is 13.6. The average molecular weight is 465 g/mol. The molecule has 0 saturated heterocycles. The quantitative estimate of drug-likeness (QED) is 0.341. The highest BCUT2D eigenvalue weighted by molar-refractivity contribution is 9.10. The third-order valence-corrected chi connectivity index (χ3v) is 4.18. The Labute approximate surface area is 172 Å². The number of hydrogen-bond donors (Lipinski definition) is 1. The molecule has 1 rings (SSSR count). The third kappa shape index (κ3) is 7.89. The van der Waals surface area contributed by atoms with Gasteiger partial charge in [-0.15, -0.1) is 0 Å². The lowest BCUT2D eigenvalue weighted by Crippen LogP contribution is -2.48. The molecule has 8 heteroatoms. The third-order valence-electron chi connectivity index (χ3n) is 3.33. The van der Waals surface area contributed by atoms with Gasteiger partial charge in [-0.25, -0.2) is 9.18 Å². The summed E-state index contributed by atoms with van der Waals surface area (Å²) in [5, 5.41) is 2.69. The Kier molecular flexibility index (Phi) is 8.75. The van der Waals surface area contributed by atoms with Gasteiger partial charge in [0.2, 0.25) is 0 Å². The zero-order valence-corrected chi connectivity index (χ0v) is 18.3. The number of ether oxygens (including phenoxy) is 2. The van der Waals surface area contributed by atoms with E-state index < -0.39 is 23.4 Å². The monoisotopic (exact) mass is 463 g/mol. The zero-order chi connectivity index (χ0) is 20.8. The van der Waals surface area contributed by atoms with Crippen molar-refractivity contribution in [3.05, 3.63) is 39.6 Å². The maximum Gasteiger partial charge on any atom is 0.330 e. The summed E-state index contributed by atoms with van der Waals surface area (Å²) in [7, 11) is 0. The zero-order valence-electron chi connectivity index (χ0n) is 15.9. The molecule has 0 radical (unpaired) electrons. The molecule has 27 heavy (non-hydrogen) atoms. The van der Waals surface area contributed by atoms with Crippen molar-refractivity contribution in [2.45, 2.75) is 58.8 Å². The van der Waals surface area contributed by atoms with Crippen molar-refractivity contribution < 1.29 is 23.5 Å². The lowest BCUT2D eigenvalue weighted by atomic mass is 10.0. The van der Waals surface area contributed by atoms with E-state index >= 15 is 0 Å². The largest absolute Gasteiger partial charge is 0.481 e. The van der Waals surface area contributed by atoms with Gasteiger partial charge in [0, 0.05) is 12.1 Å². The van der Waals surface area contributed by atoms with Crippen LogP contribution in [0.25, 0.3) is 0 Å². The van der Waals surface area contributed by atoms with Crippen molar-refractivity contribution in [1.82, 2.24) is 5.32 Å². The van der Waals surface area contributed by atoms with Crippen LogP contribution in [0.4, 0.5) is 4.39 Å². The molecule has 1 amide bonds. The number of nitrogens with one attached hydrogen (secondary N) is 1. The van der Waals surface area contributed by atoms with Crippen molar-refractivity contribution >= 4 is 39.4 Å². The highest BCUT2D eigenvalue weighted by Crippen LogP contribution is 2.29. The van der Waals surface area contributed by atoms with E-state index in [0.29, 0.717) is 6.42 Å². The van der Waals surface area contributed by atoms with Crippen LogP contribution < -0.4 is 10.1 Å². The lowest BCUT2D eigenvalue weighted by molar-refractivity contribution is -0.141. The van der Waals surface area contributed by atoms with E-state index in [1.54, 1.807) is 40.7 Å². The van der Waals surface area contributed by atoms with E-state index in [-0.39, 0.29) is 27.3 Å². The second-order valence-electron chi connectivity index (χ2n) is 6.75. The molecule has 1 atom stereocenters. The predicted octanol–water partition coefficient (Wildman–Crippen LogP) is 4.80. The fourth-order valence-corrected chi connectivity index (χ4v) is 2.84. The van der Waals surface area contributed by atoms with Crippen LogP contribution in [0.15, 0.2) is 28.8 Å². The number of carbonyl (C=O) groups is 2. The van der Waals surface area contributed by atoms with Gasteiger partial charge in [0.15, 0.2) is 11.9 Å². The molecule has 0 bridgehead atoms. The number of rotatable bonds is 8. The normalized spacial score (nSPS) is 12.9. The molecule has 0 aliphatic rings. The first-order chi connectivity index (χ1) is 12.4. The molecule has 1 aromatic rings. The number of esters is 1. The van der Waals surface area contributed by atoms with Gasteiger partial charge in [-0.2, -0.15) is 0 Å². The summed E-state index contributed by atoms with van der Waals surface area (Å²) in [6, 6.07) is 2.72. The Morgan fingerprint density at radius 3 is 2.52 bits per heavy atom. The SMILES string of the molecule is CCC(Oc1cc(Cl)c(F)c(Br)c1)C(=O)NC(C)(C)/C=C/C(=O)OC(C)C. The minimum Gasteiger partial charge on any atom is -0.481 e. The van der Waals surface area contributed by atoms with Crippen LogP contribution >= 0.6 is 27.5 Å². The molecule has 0 aliphatic heterocycles. The molecule has 1 N–H and O–H groups in total. The van der Waals surface area contributed by atoms with Crippen molar-refractivity contribution in [2.75, 3.05) is 0 Å². The van der Waals surface area contributed by atoms with E-state index in [1.807, 2.05) is 0 Å². The van der Waals surface area contributed by atoms with Gasteiger partial charge in [0.05, 0.1) is 21.1 Å². The van der Waals surface area contributed by atoms with Gasteiger partial charge >= 0.3 is 5.97 Å². The standard InChI is InChI=1S/C19H24BrClFNO4/c1-6-15(27-12-9-13(20)17(22)14(21)10-12)18(25)23-19(4,5)8-7-16(24)26-11(2)3/h7-11,15H,6H2,1-5H3,(H,23,25)/b8-7+. The first-order valence-corrected chi connectivity index (χ1v) is 9.65. The summed E-state index contributed by atoms with van der Waals surface area (Å²) >= 11 is 8.85. The Hall–Kier alpha value is -1.60. The van der Waals surface area contributed by atoms with E-state index in [9.17, 15) is 14.0 Å². The first-order valence-electron chi connectivity index (χ1n) is 8.48. The predicted molar refractivity (Wildman–Crippen MR) is 106 cm³/mol.